The van der Waals surface area contributed by atoms with Gasteiger partial charge in [-0.05, 0) is 56.7 Å². The molecule has 0 unspecified atom stereocenters. The molecule has 1 aliphatic carbocycles. The van der Waals surface area contributed by atoms with E-state index in [0.29, 0.717) is 30.1 Å². The number of ether oxygens (including phenoxy) is 1. The molecule has 34 heavy (non-hydrogen) atoms. The number of fused-ring (bicyclic) bond motifs is 1. The van der Waals surface area contributed by atoms with Gasteiger partial charge in [0.15, 0.2) is 5.69 Å². The lowest BCUT2D eigenvalue weighted by atomic mass is 9.95. The first kappa shape index (κ1) is 23.8. The molecule has 2 amide bonds. The van der Waals surface area contributed by atoms with Gasteiger partial charge in [-0.1, -0.05) is 17.7 Å². The zero-order valence-corrected chi connectivity index (χ0v) is 20.2. The van der Waals surface area contributed by atoms with Crippen molar-refractivity contribution in [2.45, 2.75) is 39.0 Å². The summed E-state index contributed by atoms with van der Waals surface area (Å²) in [6.07, 6.45) is 5.96. The van der Waals surface area contributed by atoms with Gasteiger partial charge in [-0.2, -0.15) is 5.10 Å². The Balaban J connectivity index is 1.61. The lowest BCUT2D eigenvalue weighted by Gasteiger charge is -2.13. The van der Waals surface area contributed by atoms with Crippen LogP contribution < -0.4 is 16.1 Å². The molecule has 0 bridgehead atoms. The fourth-order valence-corrected chi connectivity index (χ4v) is 5.25. The number of hydrogen-bond acceptors (Lipinski definition) is 6. The number of aromatic nitrogens is 2. The average molecular weight is 481 g/mol. The molecule has 178 valence electrons. The molecule has 0 fully saturated rings. The lowest BCUT2D eigenvalue weighted by molar-refractivity contribution is 0.0948. The van der Waals surface area contributed by atoms with Crippen LogP contribution >= 0.6 is 11.3 Å². The third kappa shape index (κ3) is 5.26. The predicted octanol–water partition coefficient (Wildman–Crippen LogP) is 3.50. The minimum absolute atomic E-state index is 0.219. The van der Waals surface area contributed by atoms with Crippen LogP contribution in [-0.2, 0) is 17.6 Å². The van der Waals surface area contributed by atoms with E-state index in [-0.39, 0.29) is 11.6 Å². The van der Waals surface area contributed by atoms with E-state index >= 15 is 0 Å². The molecule has 0 radical (unpaired) electrons. The average Bonchev–Trinajstić information content (AvgIpc) is 3.20. The van der Waals surface area contributed by atoms with Crippen LogP contribution in [0.1, 0.15) is 56.1 Å². The third-order valence-electron chi connectivity index (χ3n) is 5.76. The third-order valence-corrected chi connectivity index (χ3v) is 6.97. The van der Waals surface area contributed by atoms with Crippen molar-refractivity contribution in [1.29, 1.82) is 0 Å². The molecular weight excluding hydrogens is 452 g/mol. The van der Waals surface area contributed by atoms with Gasteiger partial charge in [0.25, 0.3) is 11.8 Å². The maximum Gasteiger partial charge on any atom is 0.280 e. The largest absolute Gasteiger partial charge is 0.385 e. The number of nitrogens with zero attached hydrogens (tertiary/aromatic N) is 2. The van der Waals surface area contributed by atoms with Crippen molar-refractivity contribution in [3.05, 3.63) is 74.0 Å². The van der Waals surface area contributed by atoms with Crippen LogP contribution in [0, 0.1) is 6.92 Å². The molecule has 8 nitrogen and oxygen atoms in total. The van der Waals surface area contributed by atoms with Gasteiger partial charge in [0.05, 0.1) is 11.3 Å². The standard InChI is InChI=1S/C25H28N4O4S/c1-16-8-10-17(11-9-16)29-14-12-19(30)22(28-29)24(32)27-25-21(23(31)26-13-5-15-33-2)18-6-3-4-7-20(18)34-25/h8-12,14H,3-7,13,15H2,1-2H3,(H,26,31)(H,27,32). The summed E-state index contributed by atoms with van der Waals surface area (Å²) in [6, 6.07) is 8.93. The molecular formula is C25H28N4O4S. The Morgan fingerprint density at radius 2 is 1.88 bits per heavy atom. The smallest absolute Gasteiger partial charge is 0.280 e. The van der Waals surface area contributed by atoms with Gasteiger partial charge in [0.1, 0.15) is 5.00 Å². The topological polar surface area (TPSA) is 102 Å². The summed E-state index contributed by atoms with van der Waals surface area (Å²) in [5, 5.41) is 10.5. The van der Waals surface area contributed by atoms with Crippen molar-refractivity contribution >= 4 is 28.2 Å². The number of nitrogens with one attached hydrogen (secondary N) is 2. The number of hydrogen-bond donors (Lipinski definition) is 2. The zero-order valence-electron chi connectivity index (χ0n) is 19.3. The van der Waals surface area contributed by atoms with Crippen molar-refractivity contribution in [3.63, 3.8) is 0 Å². The second kappa shape index (κ2) is 10.8. The highest BCUT2D eigenvalue weighted by Crippen LogP contribution is 2.38. The zero-order chi connectivity index (χ0) is 24.1. The molecule has 0 atom stereocenters. The van der Waals surface area contributed by atoms with E-state index in [1.165, 1.54) is 28.3 Å². The molecule has 1 aromatic carbocycles. The van der Waals surface area contributed by atoms with Crippen molar-refractivity contribution in [2.24, 2.45) is 0 Å². The summed E-state index contributed by atoms with van der Waals surface area (Å²) in [4.78, 5) is 39.8. The summed E-state index contributed by atoms with van der Waals surface area (Å²) in [5.74, 6) is -0.845. The van der Waals surface area contributed by atoms with Crippen LogP contribution in [0.3, 0.4) is 0 Å². The number of amides is 2. The summed E-state index contributed by atoms with van der Waals surface area (Å²) in [7, 11) is 1.62. The van der Waals surface area contributed by atoms with Gasteiger partial charge in [-0.3, -0.25) is 14.4 Å². The second-order valence-electron chi connectivity index (χ2n) is 8.28. The molecule has 0 saturated heterocycles. The lowest BCUT2D eigenvalue weighted by Crippen LogP contribution is -2.29. The molecule has 0 saturated carbocycles. The van der Waals surface area contributed by atoms with E-state index in [0.717, 1.165) is 47.4 Å². The van der Waals surface area contributed by atoms with Gasteiger partial charge in [-0.25, -0.2) is 4.68 Å². The Kier molecular flexibility index (Phi) is 7.54. The molecule has 2 N–H and O–H groups in total. The van der Waals surface area contributed by atoms with Gasteiger partial charge < -0.3 is 15.4 Å². The Hall–Kier alpha value is -3.30. The highest BCUT2D eigenvalue weighted by Gasteiger charge is 2.27. The summed E-state index contributed by atoms with van der Waals surface area (Å²) >= 11 is 1.41. The first-order chi connectivity index (χ1) is 16.5. The first-order valence-corrected chi connectivity index (χ1v) is 12.2. The SMILES string of the molecule is COCCCNC(=O)c1c(NC(=O)c2nn(-c3ccc(C)cc3)ccc2=O)sc2c1CCCC2. The normalized spacial score (nSPS) is 12.8. The summed E-state index contributed by atoms with van der Waals surface area (Å²) < 4.78 is 6.54. The number of benzene rings is 1. The van der Waals surface area contributed by atoms with Crippen molar-refractivity contribution in [3.8, 4) is 5.69 Å². The Morgan fingerprint density at radius 3 is 2.65 bits per heavy atom. The van der Waals surface area contributed by atoms with Crippen LogP contribution in [0.25, 0.3) is 5.69 Å². The number of carbonyl (C=O) groups is 2. The second-order valence-corrected chi connectivity index (χ2v) is 9.39. The fraction of sp³-hybridized carbons (Fsp3) is 0.360. The van der Waals surface area contributed by atoms with Crippen LogP contribution in [0.5, 0.6) is 0 Å². The van der Waals surface area contributed by atoms with Gasteiger partial charge >= 0.3 is 0 Å². The van der Waals surface area contributed by atoms with Crippen LogP contribution in [0.4, 0.5) is 5.00 Å². The number of anilines is 1. The van der Waals surface area contributed by atoms with Crippen molar-refractivity contribution in [2.75, 3.05) is 25.6 Å². The van der Waals surface area contributed by atoms with E-state index in [1.54, 1.807) is 7.11 Å². The van der Waals surface area contributed by atoms with Crippen LogP contribution in [-0.4, -0.2) is 41.9 Å². The highest BCUT2D eigenvalue weighted by molar-refractivity contribution is 7.17. The van der Waals surface area contributed by atoms with E-state index in [1.807, 2.05) is 31.2 Å². The Labute approximate surface area is 202 Å². The molecule has 9 heteroatoms. The molecule has 0 spiro atoms. The molecule has 3 aromatic rings. The number of thiophene rings is 1. The van der Waals surface area contributed by atoms with Crippen molar-refractivity contribution in [1.82, 2.24) is 15.1 Å². The quantitative estimate of drug-likeness (QED) is 0.481. The molecule has 4 rings (SSSR count). The molecule has 0 aliphatic heterocycles. The maximum atomic E-state index is 13.1. The van der Waals surface area contributed by atoms with E-state index in [9.17, 15) is 14.4 Å². The van der Waals surface area contributed by atoms with Crippen molar-refractivity contribution < 1.29 is 14.3 Å². The molecule has 1 aliphatic rings. The minimum atomic E-state index is -0.626. The molecule has 2 heterocycles. The van der Waals surface area contributed by atoms with Crippen LogP contribution in [0.15, 0.2) is 41.3 Å². The summed E-state index contributed by atoms with van der Waals surface area (Å²) in [5.41, 5.74) is 2.63. The summed E-state index contributed by atoms with van der Waals surface area (Å²) in [6.45, 7) is 3.01. The number of rotatable bonds is 8. The van der Waals surface area contributed by atoms with E-state index < -0.39 is 11.3 Å². The highest BCUT2D eigenvalue weighted by atomic mass is 32.1. The van der Waals surface area contributed by atoms with Gasteiger partial charge in [0, 0.05) is 37.4 Å². The molecule has 2 aromatic heterocycles. The van der Waals surface area contributed by atoms with Gasteiger partial charge in [-0.15, -0.1) is 11.3 Å². The monoisotopic (exact) mass is 480 g/mol. The van der Waals surface area contributed by atoms with E-state index in [2.05, 4.69) is 15.7 Å². The number of methoxy groups -OCH3 is 1. The fourth-order valence-electron chi connectivity index (χ4n) is 3.97. The Bertz CT molecular complexity index is 1250. The number of aryl methyl sites for hydroxylation is 2. The first-order valence-electron chi connectivity index (χ1n) is 11.4. The van der Waals surface area contributed by atoms with Gasteiger partial charge in [0.2, 0.25) is 5.43 Å². The maximum absolute atomic E-state index is 13.1. The van der Waals surface area contributed by atoms with Crippen LogP contribution in [0.2, 0.25) is 0 Å². The number of carbonyl (C=O) groups excluding carboxylic acids is 2. The predicted molar refractivity (Wildman–Crippen MR) is 132 cm³/mol. The van der Waals surface area contributed by atoms with E-state index in [4.69, 9.17) is 4.74 Å². The minimum Gasteiger partial charge on any atom is -0.385 e. The Morgan fingerprint density at radius 1 is 1.12 bits per heavy atom.